The van der Waals surface area contributed by atoms with E-state index in [0.717, 1.165) is 25.4 Å². The molecule has 0 spiro atoms. The van der Waals surface area contributed by atoms with Crippen molar-refractivity contribution in [1.29, 1.82) is 0 Å². The molecule has 1 aromatic carbocycles. The number of nitrogens with zero attached hydrogens (tertiary/aromatic N) is 1. The summed E-state index contributed by atoms with van der Waals surface area (Å²) in [4.78, 5) is 2.10. The van der Waals surface area contributed by atoms with Gasteiger partial charge < -0.3 is 19.7 Å². The Kier molecular flexibility index (Phi) is 7.41. The van der Waals surface area contributed by atoms with Crippen LogP contribution in [0.5, 0.6) is 5.75 Å². The highest BCUT2D eigenvalue weighted by Gasteiger charge is 1.96. The summed E-state index contributed by atoms with van der Waals surface area (Å²) in [5.41, 5.74) is 1.26. The molecule has 0 saturated carbocycles. The number of benzene rings is 1. The molecule has 4 nitrogen and oxygen atoms in total. The third-order valence-corrected chi connectivity index (χ3v) is 2.48. The van der Waals surface area contributed by atoms with Crippen molar-refractivity contribution in [1.82, 2.24) is 10.2 Å². The molecule has 0 aliphatic rings. The molecule has 1 aromatic rings. The van der Waals surface area contributed by atoms with Crippen molar-refractivity contribution >= 4 is 0 Å². The van der Waals surface area contributed by atoms with Crippen LogP contribution in [0.15, 0.2) is 24.3 Å². The van der Waals surface area contributed by atoms with Gasteiger partial charge in [0, 0.05) is 13.1 Å². The van der Waals surface area contributed by atoms with Gasteiger partial charge in [-0.1, -0.05) is 12.1 Å². The summed E-state index contributed by atoms with van der Waals surface area (Å²) in [5, 5.41) is 3.11. The minimum Gasteiger partial charge on any atom is -0.491 e. The minimum absolute atomic E-state index is 0.596. The van der Waals surface area contributed by atoms with Crippen LogP contribution in [-0.2, 0) is 11.3 Å². The Balaban J connectivity index is 2.11. The van der Waals surface area contributed by atoms with E-state index in [1.54, 1.807) is 0 Å². The standard InChI is InChI=1S/C14H24N2O2/c1-15-12-13-4-6-14(7-5-13)18-11-10-17-9-8-16(2)3/h4-7,15H,8-12H2,1-3H3. The van der Waals surface area contributed by atoms with Gasteiger partial charge >= 0.3 is 0 Å². The maximum Gasteiger partial charge on any atom is 0.119 e. The Hall–Kier alpha value is -1.10. The summed E-state index contributed by atoms with van der Waals surface area (Å²) < 4.78 is 11.0. The van der Waals surface area contributed by atoms with Crippen molar-refractivity contribution in [3.63, 3.8) is 0 Å². The minimum atomic E-state index is 0.596. The first-order valence-electron chi connectivity index (χ1n) is 6.31. The highest BCUT2D eigenvalue weighted by molar-refractivity contribution is 5.27. The smallest absolute Gasteiger partial charge is 0.119 e. The van der Waals surface area contributed by atoms with Gasteiger partial charge in [-0.15, -0.1) is 0 Å². The van der Waals surface area contributed by atoms with E-state index < -0.39 is 0 Å². The van der Waals surface area contributed by atoms with Crippen LogP contribution in [0.2, 0.25) is 0 Å². The van der Waals surface area contributed by atoms with Crippen LogP contribution in [0.1, 0.15) is 5.56 Å². The van der Waals surface area contributed by atoms with Crippen molar-refractivity contribution in [2.24, 2.45) is 0 Å². The zero-order chi connectivity index (χ0) is 13.2. The van der Waals surface area contributed by atoms with Crippen LogP contribution in [0.25, 0.3) is 0 Å². The van der Waals surface area contributed by atoms with E-state index in [0.29, 0.717) is 13.2 Å². The van der Waals surface area contributed by atoms with E-state index in [-0.39, 0.29) is 0 Å². The molecule has 0 radical (unpaired) electrons. The molecule has 0 fully saturated rings. The van der Waals surface area contributed by atoms with Gasteiger partial charge in [0.05, 0.1) is 13.2 Å². The second-order valence-corrected chi connectivity index (χ2v) is 4.44. The van der Waals surface area contributed by atoms with Gasteiger partial charge in [-0.3, -0.25) is 0 Å². The first-order chi connectivity index (χ1) is 8.72. The molecule has 0 aromatic heterocycles. The monoisotopic (exact) mass is 252 g/mol. The molecule has 0 aliphatic heterocycles. The fourth-order valence-corrected chi connectivity index (χ4v) is 1.48. The molecule has 4 heteroatoms. The average molecular weight is 252 g/mol. The molecule has 0 heterocycles. The highest BCUT2D eigenvalue weighted by Crippen LogP contribution is 2.11. The average Bonchev–Trinajstić information content (AvgIpc) is 2.35. The fraction of sp³-hybridized carbons (Fsp3) is 0.571. The van der Waals surface area contributed by atoms with Crippen LogP contribution in [0.3, 0.4) is 0 Å². The molecule has 102 valence electrons. The first kappa shape index (κ1) is 15.0. The van der Waals surface area contributed by atoms with E-state index >= 15 is 0 Å². The Morgan fingerprint density at radius 2 is 1.78 bits per heavy atom. The molecule has 0 aliphatic carbocycles. The van der Waals surface area contributed by atoms with Gasteiger partial charge in [0.25, 0.3) is 0 Å². The third-order valence-electron chi connectivity index (χ3n) is 2.48. The van der Waals surface area contributed by atoms with Crippen molar-refractivity contribution in [2.75, 3.05) is 47.5 Å². The van der Waals surface area contributed by atoms with E-state index in [1.807, 2.05) is 33.3 Å². The largest absolute Gasteiger partial charge is 0.491 e. The Labute approximate surface area is 110 Å². The molecule has 1 rings (SSSR count). The van der Waals surface area contributed by atoms with Crippen LogP contribution in [0, 0.1) is 0 Å². The molecule has 0 amide bonds. The summed E-state index contributed by atoms with van der Waals surface area (Å²) in [6.45, 7) is 3.80. The zero-order valence-electron chi connectivity index (χ0n) is 11.6. The molecule has 0 atom stereocenters. The lowest BCUT2D eigenvalue weighted by Gasteiger charge is -2.10. The van der Waals surface area contributed by atoms with Gasteiger partial charge in [0.1, 0.15) is 12.4 Å². The maximum atomic E-state index is 5.59. The first-order valence-corrected chi connectivity index (χ1v) is 6.31. The highest BCUT2D eigenvalue weighted by atomic mass is 16.5. The molecule has 0 saturated heterocycles. The summed E-state index contributed by atoms with van der Waals surface area (Å²) in [5.74, 6) is 0.895. The molecule has 0 bridgehead atoms. The van der Waals surface area contributed by atoms with Crippen LogP contribution >= 0.6 is 0 Å². The van der Waals surface area contributed by atoms with Crippen LogP contribution in [-0.4, -0.2) is 52.4 Å². The molecular formula is C14H24N2O2. The summed E-state index contributed by atoms with van der Waals surface area (Å²) in [7, 11) is 6.01. The quantitative estimate of drug-likeness (QED) is 0.673. The lowest BCUT2D eigenvalue weighted by molar-refractivity contribution is 0.0890. The topological polar surface area (TPSA) is 33.7 Å². The Bertz CT molecular complexity index is 312. The van der Waals surface area contributed by atoms with E-state index in [1.165, 1.54) is 5.56 Å². The van der Waals surface area contributed by atoms with E-state index in [2.05, 4.69) is 22.3 Å². The number of likely N-dealkylation sites (N-methyl/N-ethyl adjacent to an activating group) is 1. The van der Waals surface area contributed by atoms with Gasteiger partial charge in [-0.05, 0) is 38.8 Å². The SMILES string of the molecule is CNCc1ccc(OCCOCCN(C)C)cc1. The van der Waals surface area contributed by atoms with E-state index in [4.69, 9.17) is 9.47 Å². The second-order valence-electron chi connectivity index (χ2n) is 4.44. The van der Waals surface area contributed by atoms with Crippen LogP contribution in [0.4, 0.5) is 0 Å². The third kappa shape index (κ3) is 6.59. The van der Waals surface area contributed by atoms with Crippen molar-refractivity contribution in [2.45, 2.75) is 6.54 Å². The maximum absolute atomic E-state index is 5.59. The van der Waals surface area contributed by atoms with E-state index in [9.17, 15) is 0 Å². The predicted octanol–water partition coefficient (Wildman–Crippen LogP) is 1.36. The molecule has 18 heavy (non-hydrogen) atoms. The summed E-state index contributed by atoms with van der Waals surface area (Å²) in [6.07, 6.45) is 0. The summed E-state index contributed by atoms with van der Waals surface area (Å²) >= 11 is 0. The zero-order valence-corrected chi connectivity index (χ0v) is 11.6. The summed E-state index contributed by atoms with van der Waals surface area (Å²) in [6, 6.07) is 8.12. The van der Waals surface area contributed by atoms with Gasteiger partial charge in [0.15, 0.2) is 0 Å². The fourth-order valence-electron chi connectivity index (χ4n) is 1.48. The molecule has 1 N–H and O–H groups in total. The lowest BCUT2D eigenvalue weighted by Crippen LogP contribution is -2.19. The normalized spacial score (nSPS) is 10.9. The van der Waals surface area contributed by atoms with Crippen molar-refractivity contribution < 1.29 is 9.47 Å². The number of nitrogens with one attached hydrogen (secondary N) is 1. The van der Waals surface area contributed by atoms with Crippen molar-refractivity contribution in [3.05, 3.63) is 29.8 Å². The Morgan fingerprint density at radius 3 is 2.39 bits per heavy atom. The predicted molar refractivity (Wildman–Crippen MR) is 74.1 cm³/mol. The van der Waals surface area contributed by atoms with Gasteiger partial charge in [0.2, 0.25) is 0 Å². The van der Waals surface area contributed by atoms with Gasteiger partial charge in [-0.25, -0.2) is 0 Å². The molecule has 0 unspecified atom stereocenters. The van der Waals surface area contributed by atoms with Gasteiger partial charge in [-0.2, -0.15) is 0 Å². The van der Waals surface area contributed by atoms with Crippen LogP contribution < -0.4 is 10.1 Å². The Morgan fingerprint density at radius 1 is 1.06 bits per heavy atom. The lowest BCUT2D eigenvalue weighted by atomic mass is 10.2. The van der Waals surface area contributed by atoms with Crippen molar-refractivity contribution in [3.8, 4) is 5.75 Å². The number of hydrogen-bond donors (Lipinski definition) is 1. The number of ether oxygens (including phenoxy) is 2. The number of rotatable bonds is 9. The number of hydrogen-bond acceptors (Lipinski definition) is 4. The second kappa shape index (κ2) is 8.91. The molecular weight excluding hydrogens is 228 g/mol.